The number of ether oxygens (including phenoxy) is 1. The van der Waals surface area contributed by atoms with Crippen molar-refractivity contribution >= 4 is 50.9 Å². The van der Waals surface area contributed by atoms with Gasteiger partial charge in [0, 0.05) is 32.3 Å². The number of aryl methyl sites for hydroxylation is 1. The minimum Gasteiger partial charge on any atom is -0.441 e. The normalized spacial score (nSPS) is 12.5. The molecule has 1 aromatic carbocycles. The van der Waals surface area contributed by atoms with E-state index in [9.17, 15) is 0 Å². The van der Waals surface area contributed by atoms with E-state index in [0.29, 0.717) is 51.8 Å². The molecule has 0 radical (unpaired) electrons. The number of benzene rings is 1. The zero-order chi connectivity index (χ0) is 23.4. The molecular weight excluding hydrogens is 440 g/mol. The van der Waals surface area contributed by atoms with E-state index >= 15 is 0 Å². The third-order valence-corrected chi connectivity index (χ3v) is 5.17. The Morgan fingerprint density at radius 1 is 1.15 bits per heavy atom. The Bertz CT molecular complexity index is 1360. The number of halogens is 1. The Morgan fingerprint density at radius 2 is 2.00 bits per heavy atom. The molecule has 0 fully saturated rings. The summed E-state index contributed by atoms with van der Waals surface area (Å²) in [6.45, 7) is 6.50. The van der Waals surface area contributed by atoms with Crippen LogP contribution in [0.25, 0.3) is 27.8 Å². The first kappa shape index (κ1) is 22.7. The monoisotopic (exact) mass is 464 g/mol. The number of allylic oxidation sites excluding steroid dienone is 3. The van der Waals surface area contributed by atoms with Gasteiger partial charge in [-0.15, -0.1) is 0 Å². The van der Waals surface area contributed by atoms with Crippen molar-refractivity contribution in [1.29, 1.82) is 0 Å². The fourth-order valence-electron chi connectivity index (χ4n) is 3.40. The second-order valence-corrected chi connectivity index (χ2v) is 7.61. The van der Waals surface area contributed by atoms with Crippen LogP contribution in [-0.2, 0) is 11.3 Å². The average molecular weight is 465 g/mol. The molecule has 0 spiro atoms. The van der Waals surface area contributed by atoms with Gasteiger partial charge in [-0.2, -0.15) is 0 Å². The molecule has 0 aliphatic rings. The summed E-state index contributed by atoms with van der Waals surface area (Å²) < 4.78 is 11.2. The maximum Gasteiger partial charge on any atom is 0.192 e. The molecule has 2 N–H and O–H groups in total. The summed E-state index contributed by atoms with van der Waals surface area (Å²) in [6.07, 6.45) is 3.69. The van der Waals surface area contributed by atoms with Gasteiger partial charge in [-0.3, -0.25) is 0 Å². The van der Waals surface area contributed by atoms with Crippen LogP contribution in [-0.4, -0.2) is 33.6 Å². The van der Waals surface area contributed by atoms with E-state index in [1.807, 2.05) is 70.3 Å². The fourth-order valence-corrected chi connectivity index (χ4v) is 3.72. The van der Waals surface area contributed by atoms with Crippen molar-refractivity contribution in [3.05, 3.63) is 64.9 Å². The number of rotatable bonds is 8. The topological polar surface area (TPSA) is 98.0 Å². The molecule has 3 heterocycles. The van der Waals surface area contributed by atoms with E-state index in [0.717, 1.165) is 16.6 Å². The highest BCUT2D eigenvalue weighted by atomic mass is 35.5. The molecule has 9 heteroatoms. The Kier molecular flexibility index (Phi) is 6.86. The molecule has 0 atom stereocenters. The van der Waals surface area contributed by atoms with Crippen molar-refractivity contribution in [2.75, 3.05) is 19.0 Å². The highest BCUT2D eigenvalue weighted by Crippen LogP contribution is 2.28. The number of nitrogens with zero attached hydrogens (tertiary/aromatic N) is 4. The highest BCUT2D eigenvalue weighted by Gasteiger charge is 2.14. The molecule has 0 saturated carbocycles. The lowest BCUT2D eigenvalue weighted by atomic mass is 10.2. The minimum atomic E-state index is 0.279. The van der Waals surface area contributed by atoms with Gasteiger partial charge in [-0.25, -0.2) is 19.9 Å². The molecule has 0 saturated heterocycles. The summed E-state index contributed by atoms with van der Waals surface area (Å²) in [7, 11) is 1.81. The standard InChI is InChI=1S/C24H25ClN6O2/c1-5-7-17(25)22(26-4)19-11-9-16-23(30-21(13-32-6-2)31-24(16)29-19)28-15-8-10-18-20(12-15)33-14(3)27-18/h5,7-12,26H,6,13H2,1-4H3,(H,28,29,30,31)/b7-5-,22-17+. The van der Waals surface area contributed by atoms with Crippen molar-refractivity contribution in [3.8, 4) is 0 Å². The van der Waals surface area contributed by atoms with Crippen molar-refractivity contribution < 1.29 is 9.15 Å². The second kappa shape index (κ2) is 9.97. The number of hydrogen-bond acceptors (Lipinski definition) is 8. The van der Waals surface area contributed by atoms with Gasteiger partial charge in [0.1, 0.15) is 17.9 Å². The molecule has 170 valence electrons. The van der Waals surface area contributed by atoms with E-state index in [-0.39, 0.29) is 6.61 Å². The van der Waals surface area contributed by atoms with Crippen LogP contribution in [0.2, 0.25) is 0 Å². The molecular formula is C24H25ClN6O2. The predicted molar refractivity (Wildman–Crippen MR) is 131 cm³/mol. The quantitative estimate of drug-likeness (QED) is 0.332. The van der Waals surface area contributed by atoms with Gasteiger partial charge >= 0.3 is 0 Å². The first-order chi connectivity index (χ1) is 16.0. The van der Waals surface area contributed by atoms with Crippen LogP contribution in [0, 0.1) is 6.92 Å². The Balaban J connectivity index is 1.80. The van der Waals surface area contributed by atoms with Gasteiger partial charge in [0.15, 0.2) is 22.9 Å². The first-order valence-corrected chi connectivity index (χ1v) is 11.0. The van der Waals surface area contributed by atoms with Gasteiger partial charge in [-0.05, 0) is 44.2 Å². The lowest BCUT2D eigenvalue weighted by Gasteiger charge is -2.13. The van der Waals surface area contributed by atoms with Crippen LogP contribution in [0.3, 0.4) is 0 Å². The molecule has 4 aromatic rings. The number of pyridine rings is 1. The second-order valence-electron chi connectivity index (χ2n) is 7.21. The summed E-state index contributed by atoms with van der Waals surface area (Å²) in [4.78, 5) is 18.4. The summed E-state index contributed by atoms with van der Waals surface area (Å²) in [5, 5.41) is 7.82. The molecule has 0 amide bonds. The molecule has 4 rings (SSSR count). The smallest absolute Gasteiger partial charge is 0.192 e. The van der Waals surface area contributed by atoms with Crippen molar-refractivity contribution in [1.82, 2.24) is 25.3 Å². The first-order valence-electron chi connectivity index (χ1n) is 10.6. The van der Waals surface area contributed by atoms with Gasteiger partial charge in [0.2, 0.25) is 0 Å². The van der Waals surface area contributed by atoms with Crippen LogP contribution in [0.5, 0.6) is 0 Å². The van der Waals surface area contributed by atoms with Crippen LogP contribution in [0.15, 0.2) is 51.9 Å². The highest BCUT2D eigenvalue weighted by molar-refractivity contribution is 6.34. The molecule has 33 heavy (non-hydrogen) atoms. The van der Waals surface area contributed by atoms with Gasteiger partial charge in [0.25, 0.3) is 0 Å². The van der Waals surface area contributed by atoms with Gasteiger partial charge < -0.3 is 19.8 Å². The van der Waals surface area contributed by atoms with Crippen molar-refractivity contribution in [3.63, 3.8) is 0 Å². The Morgan fingerprint density at radius 3 is 2.76 bits per heavy atom. The summed E-state index contributed by atoms with van der Waals surface area (Å²) in [6, 6.07) is 9.55. The van der Waals surface area contributed by atoms with Crippen LogP contribution in [0.1, 0.15) is 31.3 Å². The summed E-state index contributed by atoms with van der Waals surface area (Å²) in [5.74, 6) is 1.77. The fraction of sp³-hybridized carbons (Fsp3) is 0.250. The van der Waals surface area contributed by atoms with Crippen molar-refractivity contribution in [2.45, 2.75) is 27.4 Å². The lowest BCUT2D eigenvalue weighted by molar-refractivity contribution is 0.128. The lowest BCUT2D eigenvalue weighted by Crippen LogP contribution is -2.09. The number of oxazole rings is 1. The number of hydrogen-bond donors (Lipinski definition) is 2. The van der Waals surface area contributed by atoms with Crippen molar-refractivity contribution in [2.24, 2.45) is 0 Å². The third-order valence-electron chi connectivity index (χ3n) is 4.86. The molecule has 0 aliphatic carbocycles. The molecule has 8 nitrogen and oxygen atoms in total. The van der Waals surface area contributed by atoms with Crippen LogP contribution in [0.4, 0.5) is 11.5 Å². The number of aromatic nitrogens is 4. The number of nitrogens with one attached hydrogen (secondary N) is 2. The van der Waals surface area contributed by atoms with E-state index < -0.39 is 0 Å². The van der Waals surface area contributed by atoms with E-state index in [1.165, 1.54) is 0 Å². The zero-order valence-electron chi connectivity index (χ0n) is 18.9. The minimum absolute atomic E-state index is 0.279. The zero-order valence-corrected chi connectivity index (χ0v) is 19.7. The van der Waals surface area contributed by atoms with E-state index in [4.69, 9.17) is 25.7 Å². The molecule has 0 aliphatic heterocycles. The summed E-state index contributed by atoms with van der Waals surface area (Å²) in [5.41, 5.74) is 4.25. The molecule has 0 bridgehead atoms. The van der Waals surface area contributed by atoms with Gasteiger partial charge in [-0.1, -0.05) is 17.7 Å². The van der Waals surface area contributed by atoms with Crippen LogP contribution >= 0.6 is 11.6 Å². The Labute approximate surface area is 196 Å². The van der Waals surface area contributed by atoms with Crippen LogP contribution < -0.4 is 10.6 Å². The molecule has 3 aromatic heterocycles. The SMILES string of the molecule is C/C=C\C(Cl)=C(/NC)c1ccc2c(Nc3ccc4nc(C)oc4c3)nc(COCC)nc2n1. The van der Waals surface area contributed by atoms with E-state index in [1.54, 1.807) is 0 Å². The van der Waals surface area contributed by atoms with Gasteiger partial charge in [0.05, 0.1) is 21.8 Å². The summed E-state index contributed by atoms with van der Waals surface area (Å²) >= 11 is 6.43. The molecule has 0 unspecified atom stereocenters. The average Bonchev–Trinajstić information content (AvgIpc) is 3.17. The predicted octanol–water partition coefficient (Wildman–Crippen LogP) is 5.46. The maximum absolute atomic E-state index is 6.43. The van der Waals surface area contributed by atoms with E-state index in [2.05, 4.69) is 25.6 Å². The largest absolute Gasteiger partial charge is 0.441 e. The number of anilines is 2. The maximum atomic E-state index is 6.43. The Hall–Kier alpha value is -3.49. The number of fused-ring (bicyclic) bond motifs is 2. The third kappa shape index (κ3) is 4.97.